The summed E-state index contributed by atoms with van der Waals surface area (Å²) in [6.45, 7) is 4.94. The van der Waals surface area contributed by atoms with Gasteiger partial charge in [-0.3, -0.25) is 0 Å². The first-order valence-corrected chi connectivity index (χ1v) is 11.2. The molecule has 0 amide bonds. The zero-order chi connectivity index (χ0) is 22.9. The number of ether oxygens (including phenoxy) is 4. The van der Waals surface area contributed by atoms with E-state index in [9.17, 15) is 5.11 Å². The molecule has 1 aliphatic rings. The molecule has 5 atom stereocenters. The van der Waals surface area contributed by atoms with Crippen LogP contribution in [0.1, 0.15) is 16.7 Å². The van der Waals surface area contributed by atoms with Crippen LogP contribution in [-0.4, -0.2) is 35.8 Å². The summed E-state index contributed by atoms with van der Waals surface area (Å²) < 4.78 is 24.6. The molecule has 0 saturated carbocycles. The van der Waals surface area contributed by atoms with Crippen molar-refractivity contribution in [2.45, 2.75) is 50.5 Å². The summed E-state index contributed by atoms with van der Waals surface area (Å²) >= 11 is 0. The van der Waals surface area contributed by atoms with Crippen molar-refractivity contribution in [3.05, 3.63) is 120 Å². The van der Waals surface area contributed by atoms with Crippen molar-refractivity contribution in [1.82, 2.24) is 0 Å². The number of benzene rings is 3. The van der Waals surface area contributed by atoms with Crippen LogP contribution in [0.5, 0.6) is 0 Å². The van der Waals surface area contributed by atoms with Crippen LogP contribution in [0, 0.1) is 0 Å². The quantitative estimate of drug-likeness (QED) is 0.460. The lowest BCUT2D eigenvalue weighted by molar-refractivity contribution is -0.302. The molecular weight excluding hydrogens is 416 g/mol. The minimum Gasteiger partial charge on any atom is -0.368 e. The van der Waals surface area contributed by atoms with Crippen molar-refractivity contribution in [3.63, 3.8) is 0 Å². The molecule has 1 fully saturated rings. The second-order valence-electron chi connectivity index (χ2n) is 8.01. The Morgan fingerprint density at radius 2 is 1.03 bits per heavy atom. The summed E-state index contributed by atoms with van der Waals surface area (Å²) in [5, 5.41) is 10.8. The number of hydrogen-bond acceptors (Lipinski definition) is 5. The molecule has 1 N–H and O–H groups in total. The van der Waals surface area contributed by atoms with Gasteiger partial charge in [-0.1, -0.05) is 97.1 Å². The van der Waals surface area contributed by atoms with Gasteiger partial charge in [0, 0.05) is 0 Å². The monoisotopic (exact) mass is 446 g/mol. The van der Waals surface area contributed by atoms with Gasteiger partial charge in [-0.05, 0) is 16.7 Å². The van der Waals surface area contributed by atoms with Gasteiger partial charge in [0.05, 0.1) is 19.8 Å². The highest BCUT2D eigenvalue weighted by atomic mass is 16.7. The molecule has 1 saturated heterocycles. The molecule has 0 aliphatic carbocycles. The van der Waals surface area contributed by atoms with E-state index in [-0.39, 0.29) is 0 Å². The Labute approximate surface area is 195 Å². The Kier molecular flexibility index (Phi) is 8.41. The molecule has 0 aromatic heterocycles. The van der Waals surface area contributed by atoms with E-state index in [0.717, 1.165) is 16.7 Å². The Morgan fingerprint density at radius 3 is 1.45 bits per heavy atom. The summed E-state index contributed by atoms with van der Waals surface area (Å²) in [7, 11) is 0. The fourth-order valence-corrected chi connectivity index (χ4v) is 3.90. The Bertz CT molecular complexity index is 963. The summed E-state index contributed by atoms with van der Waals surface area (Å²) in [5.41, 5.74) is 3.06. The van der Waals surface area contributed by atoms with E-state index in [4.69, 9.17) is 18.9 Å². The van der Waals surface area contributed by atoms with Crippen molar-refractivity contribution >= 4 is 0 Å². The van der Waals surface area contributed by atoms with E-state index in [0.29, 0.717) is 19.8 Å². The minimum absolute atomic E-state index is 0.321. The van der Waals surface area contributed by atoms with Crippen LogP contribution in [0.3, 0.4) is 0 Å². The molecule has 0 radical (unpaired) electrons. The minimum atomic E-state index is -1.17. The van der Waals surface area contributed by atoms with Crippen molar-refractivity contribution in [2.24, 2.45) is 0 Å². The Morgan fingerprint density at radius 1 is 0.636 bits per heavy atom. The lowest BCUT2D eigenvalue weighted by Gasteiger charge is -2.43. The molecule has 5 nitrogen and oxygen atoms in total. The number of rotatable bonds is 10. The van der Waals surface area contributed by atoms with E-state index in [1.165, 1.54) is 0 Å². The van der Waals surface area contributed by atoms with Crippen LogP contribution in [-0.2, 0) is 38.8 Å². The second-order valence-corrected chi connectivity index (χ2v) is 8.01. The summed E-state index contributed by atoms with van der Waals surface area (Å²) in [6, 6.07) is 29.6. The third-order valence-electron chi connectivity index (χ3n) is 5.64. The molecule has 1 heterocycles. The Balaban J connectivity index is 1.54. The maximum Gasteiger partial charge on any atom is 0.184 e. The third-order valence-corrected chi connectivity index (χ3v) is 5.64. The summed E-state index contributed by atoms with van der Waals surface area (Å²) in [6.07, 6.45) is -1.87. The molecule has 3 aromatic carbocycles. The maximum absolute atomic E-state index is 10.8. The average Bonchev–Trinajstić information content (AvgIpc) is 2.87. The van der Waals surface area contributed by atoms with Gasteiger partial charge >= 0.3 is 0 Å². The highest BCUT2D eigenvalue weighted by Gasteiger charge is 2.46. The van der Waals surface area contributed by atoms with Crippen LogP contribution >= 0.6 is 0 Å². The topological polar surface area (TPSA) is 57.2 Å². The Hall–Kier alpha value is -2.80. The second kappa shape index (κ2) is 11.9. The fourth-order valence-electron chi connectivity index (χ4n) is 3.90. The first-order valence-electron chi connectivity index (χ1n) is 11.2. The van der Waals surface area contributed by atoms with E-state index in [1.807, 2.05) is 91.0 Å². The smallest absolute Gasteiger partial charge is 0.184 e. The molecule has 0 spiro atoms. The maximum atomic E-state index is 10.8. The van der Waals surface area contributed by atoms with E-state index in [1.54, 1.807) is 6.08 Å². The van der Waals surface area contributed by atoms with E-state index in [2.05, 4.69) is 6.58 Å². The van der Waals surface area contributed by atoms with Crippen molar-refractivity contribution < 1.29 is 24.1 Å². The zero-order valence-corrected chi connectivity index (χ0v) is 18.5. The number of aliphatic hydroxyl groups excluding tert-OH is 1. The van der Waals surface area contributed by atoms with Crippen molar-refractivity contribution in [1.29, 1.82) is 0 Å². The van der Waals surface area contributed by atoms with Gasteiger partial charge in [-0.15, -0.1) is 6.58 Å². The first-order chi connectivity index (χ1) is 16.2. The van der Waals surface area contributed by atoms with Gasteiger partial charge in [-0.2, -0.15) is 0 Å². The number of aliphatic hydroxyl groups is 1. The van der Waals surface area contributed by atoms with Crippen LogP contribution in [0.2, 0.25) is 0 Å². The molecule has 4 rings (SSSR count). The van der Waals surface area contributed by atoms with Crippen LogP contribution in [0.25, 0.3) is 0 Å². The molecule has 5 heteroatoms. The lowest BCUT2D eigenvalue weighted by atomic mass is 9.97. The number of hydrogen-bond donors (Lipinski definition) is 1. The van der Waals surface area contributed by atoms with Crippen LogP contribution in [0.4, 0.5) is 0 Å². The molecule has 172 valence electrons. The van der Waals surface area contributed by atoms with E-state index >= 15 is 0 Å². The van der Waals surface area contributed by atoms with Gasteiger partial charge in [0.2, 0.25) is 0 Å². The average molecular weight is 447 g/mol. The molecule has 1 aliphatic heterocycles. The summed E-state index contributed by atoms with van der Waals surface area (Å²) in [5.74, 6) is 0. The molecule has 33 heavy (non-hydrogen) atoms. The van der Waals surface area contributed by atoms with Gasteiger partial charge in [0.25, 0.3) is 0 Å². The standard InChI is InChI=1S/C28H30O5/c1-2-24-25(30-18-21-12-6-3-7-13-21)26(31-19-22-14-8-4-9-15-22)27(28(29)33-24)32-20-23-16-10-5-11-17-23/h2-17,24-29H,1,18-20H2/t24-,25-,26+,27-,28?/m0/s1. The van der Waals surface area contributed by atoms with Crippen LogP contribution < -0.4 is 0 Å². The zero-order valence-electron chi connectivity index (χ0n) is 18.5. The van der Waals surface area contributed by atoms with Gasteiger partial charge in [0.15, 0.2) is 6.29 Å². The lowest BCUT2D eigenvalue weighted by Crippen LogP contribution is -2.59. The highest BCUT2D eigenvalue weighted by Crippen LogP contribution is 2.30. The largest absolute Gasteiger partial charge is 0.368 e. The van der Waals surface area contributed by atoms with Crippen molar-refractivity contribution in [2.75, 3.05) is 0 Å². The molecular formula is C28H30O5. The van der Waals surface area contributed by atoms with E-state index < -0.39 is 30.7 Å². The van der Waals surface area contributed by atoms with Gasteiger partial charge in [0.1, 0.15) is 24.4 Å². The molecule has 3 aromatic rings. The SMILES string of the molecule is C=C[C@@H]1OC(O)[C@@H](OCc2ccccc2)[C@H](OCc2ccccc2)[C@H]1OCc1ccccc1. The highest BCUT2D eigenvalue weighted by molar-refractivity contribution is 5.16. The summed E-state index contributed by atoms with van der Waals surface area (Å²) in [4.78, 5) is 0. The first kappa shape index (κ1) is 23.4. The van der Waals surface area contributed by atoms with Gasteiger partial charge in [-0.25, -0.2) is 0 Å². The van der Waals surface area contributed by atoms with Gasteiger partial charge < -0.3 is 24.1 Å². The van der Waals surface area contributed by atoms with Crippen molar-refractivity contribution in [3.8, 4) is 0 Å². The normalized spacial score (nSPS) is 24.9. The fraction of sp³-hybridized carbons (Fsp3) is 0.286. The molecule has 0 bridgehead atoms. The molecule has 1 unspecified atom stereocenters. The van der Waals surface area contributed by atoms with Crippen LogP contribution in [0.15, 0.2) is 104 Å². The predicted molar refractivity (Wildman–Crippen MR) is 126 cm³/mol. The predicted octanol–water partition coefficient (Wildman–Crippen LogP) is 4.65. The third kappa shape index (κ3) is 6.38.